The zero-order chi connectivity index (χ0) is 12.8. The second-order valence-corrected chi connectivity index (χ2v) is 4.40. The number of carbonyl (C=O) groups excluding carboxylic acids is 1. The van der Waals surface area contributed by atoms with E-state index in [1.807, 2.05) is 13.8 Å². The average molecular weight is 243 g/mol. The molecule has 1 heterocycles. The van der Waals surface area contributed by atoms with Crippen molar-refractivity contribution in [1.82, 2.24) is 4.90 Å². The van der Waals surface area contributed by atoms with Gasteiger partial charge in [0.25, 0.3) is 0 Å². The zero-order valence-corrected chi connectivity index (χ0v) is 10.5. The third kappa shape index (κ3) is 3.35. The van der Waals surface area contributed by atoms with E-state index >= 15 is 0 Å². The van der Waals surface area contributed by atoms with E-state index in [4.69, 9.17) is 9.84 Å². The second kappa shape index (κ2) is 6.47. The summed E-state index contributed by atoms with van der Waals surface area (Å²) in [4.78, 5) is 24.3. The number of carbonyl (C=O) groups is 2. The van der Waals surface area contributed by atoms with Crippen molar-refractivity contribution in [3.8, 4) is 0 Å². The molecule has 17 heavy (non-hydrogen) atoms. The number of rotatable bonds is 5. The molecule has 0 aromatic rings. The van der Waals surface area contributed by atoms with Crippen molar-refractivity contribution in [2.75, 3.05) is 13.2 Å². The molecule has 0 aromatic carbocycles. The van der Waals surface area contributed by atoms with Crippen LogP contribution in [0.4, 0.5) is 4.79 Å². The van der Waals surface area contributed by atoms with Gasteiger partial charge in [0, 0.05) is 6.54 Å². The van der Waals surface area contributed by atoms with Gasteiger partial charge in [-0.3, -0.25) is 4.90 Å². The van der Waals surface area contributed by atoms with Gasteiger partial charge >= 0.3 is 12.1 Å². The molecule has 0 spiro atoms. The van der Waals surface area contributed by atoms with E-state index in [1.54, 1.807) is 0 Å². The molecule has 0 bridgehead atoms. The Labute approximate surface area is 102 Å². The normalized spacial score (nSPS) is 23.8. The number of hydrogen-bond acceptors (Lipinski definition) is 3. The molecule has 0 aromatic heterocycles. The summed E-state index contributed by atoms with van der Waals surface area (Å²) < 4.78 is 5.06. The number of carboxylic acid groups (broad SMARTS) is 1. The maximum Gasteiger partial charge on any atom is 0.410 e. The molecule has 5 nitrogen and oxygen atoms in total. The van der Waals surface area contributed by atoms with Crippen LogP contribution in [-0.4, -0.2) is 41.3 Å². The molecule has 5 heteroatoms. The summed E-state index contributed by atoms with van der Waals surface area (Å²) in [6.07, 6.45) is 2.80. The van der Waals surface area contributed by atoms with Crippen molar-refractivity contribution in [3.05, 3.63) is 0 Å². The van der Waals surface area contributed by atoms with Crippen LogP contribution >= 0.6 is 0 Å². The van der Waals surface area contributed by atoms with Gasteiger partial charge in [0.15, 0.2) is 0 Å². The molecule has 1 saturated heterocycles. The van der Waals surface area contributed by atoms with Gasteiger partial charge in [-0.15, -0.1) is 0 Å². The lowest BCUT2D eigenvalue weighted by Gasteiger charge is -2.23. The van der Waals surface area contributed by atoms with Crippen LogP contribution in [-0.2, 0) is 9.53 Å². The molecule has 0 radical (unpaired) electrons. The highest BCUT2D eigenvalue weighted by atomic mass is 16.6. The van der Waals surface area contributed by atoms with Gasteiger partial charge in [0.05, 0.1) is 6.61 Å². The van der Waals surface area contributed by atoms with E-state index in [0.29, 0.717) is 13.2 Å². The number of aliphatic carboxylic acids is 1. The SMILES string of the molecule is CCCCOC(=O)N1CC[C@@H](CC)[C@@H]1C(=O)O. The van der Waals surface area contributed by atoms with E-state index in [0.717, 1.165) is 25.7 Å². The minimum Gasteiger partial charge on any atom is -0.480 e. The Morgan fingerprint density at radius 3 is 2.65 bits per heavy atom. The van der Waals surface area contributed by atoms with Gasteiger partial charge in [-0.2, -0.15) is 0 Å². The van der Waals surface area contributed by atoms with Crippen LogP contribution in [0.1, 0.15) is 39.5 Å². The first kappa shape index (κ1) is 13.8. The minimum absolute atomic E-state index is 0.0474. The Bertz CT molecular complexity index is 280. The van der Waals surface area contributed by atoms with Crippen LogP contribution in [0.3, 0.4) is 0 Å². The summed E-state index contributed by atoms with van der Waals surface area (Å²) in [5.41, 5.74) is 0. The summed E-state index contributed by atoms with van der Waals surface area (Å²) >= 11 is 0. The Morgan fingerprint density at radius 2 is 2.12 bits per heavy atom. The number of ether oxygens (including phenoxy) is 1. The first-order valence-electron chi connectivity index (χ1n) is 6.28. The highest BCUT2D eigenvalue weighted by molar-refractivity contribution is 5.81. The molecule has 1 fully saturated rings. The number of carboxylic acids is 1. The predicted molar refractivity (Wildman–Crippen MR) is 62.8 cm³/mol. The van der Waals surface area contributed by atoms with Crippen LogP contribution in [0.2, 0.25) is 0 Å². The number of unbranched alkanes of at least 4 members (excludes halogenated alkanes) is 1. The zero-order valence-electron chi connectivity index (χ0n) is 10.5. The van der Waals surface area contributed by atoms with E-state index in [1.165, 1.54) is 4.90 Å². The smallest absolute Gasteiger partial charge is 0.410 e. The highest BCUT2D eigenvalue weighted by Crippen LogP contribution is 2.27. The van der Waals surface area contributed by atoms with Crippen LogP contribution in [0.15, 0.2) is 0 Å². The van der Waals surface area contributed by atoms with Gasteiger partial charge in [-0.05, 0) is 18.8 Å². The summed E-state index contributed by atoms with van der Waals surface area (Å²) in [6, 6.07) is -0.714. The number of likely N-dealkylation sites (tertiary alicyclic amines) is 1. The van der Waals surface area contributed by atoms with Crippen LogP contribution in [0.25, 0.3) is 0 Å². The Kier molecular flexibility index (Phi) is 5.25. The van der Waals surface area contributed by atoms with Crippen molar-refractivity contribution in [1.29, 1.82) is 0 Å². The first-order valence-corrected chi connectivity index (χ1v) is 6.28. The standard InChI is InChI=1S/C12H21NO4/c1-3-5-8-17-12(16)13-7-6-9(4-2)10(13)11(14)15/h9-10H,3-8H2,1-2H3,(H,14,15)/t9-,10-/m1/s1. The van der Waals surface area contributed by atoms with Gasteiger partial charge < -0.3 is 9.84 Å². The lowest BCUT2D eigenvalue weighted by Crippen LogP contribution is -2.43. The number of hydrogen-bond donors (Lipinski definition) is 1. The minimum atomic E-state index is -0.929. The van der Waals surface area contributed by atoms with Crippen molar-refractivity contribution >= 4 is 12.1 Å². The van der Waals surface area contributed by atoms with Gasteiger partial charge in [-0.1, -0.05) is 26.7 Å². The molecule has 1 aliphatic heterocycles. The van der Waals surface area contributed by atoms with Crippen molar-refractivity contribution in [3.63, 3.8) is 0 Å². The third-order valence-electron chi connectivity index (χ3n) is 3.26. The fourth-order valence-corrected chi connectivity index (χ4v) is 2.21. The molecule has 2 atom stereocenters. The Balaban J connectivity index is 2.57. The Morgan fingerprint density at radius 1 is 1.41 bits per heavy atom. The van der Waals surface area contributed by atoms with E-state index < -0.39 is 18.1 Å². The molecular weight excluding hydrogens is 222 g/mol. The summed E-state index contributed by atoms with van der Waals surface area (Å²) in [5.74, 6) is -0.881. The van der Waals surface area contributed by atoms with Crippen LogP contribution < -0.4 is 0 Å². The molecule has 0 aliphatic carbocycles. The maximum absolute atomic E-state index is 11.7. The average Bonchev–Trinajstić information content (AvgIpc) is 2.72. The molecular formula is C12H21NO4. The molecule has 0 unspecified atom stereocenters. The fraction of sp³-hybridized carbons (Fsp3) is 0.833. The van der Waals surface area contributed by atoms with Crippen LogP contribution in [0, 0.1) is 5.92 Å². The largest absolute Gasteiger partial charge is 0.480 e. The lowest BCUT2D eigenvalue weighted by atomic mass is 9.98. The van der Waals surface area contributed by atoms with E-state index in [9.17, 15) is 9.59 Å². The van der Waals surface area contributed by atoms with E-state index in [-0.39, 0.29) is 5.92 Å². The van der Waals surface area contributed by atoms with Crippen molar-refractivity contribution < 1.29 is 19.4 Å². The molecule has 0 saturated carbocycles. The van der Waals surface area contributed by atoms with Gasteiger partial charge in [-0.25, -0.2) is 9.59 Å². The number of nitrogens with zero attached hydrogens (tertiary/aromatic N) is 1. The third-order valence-corrected chi connectivity index (χ3v) is 3.26. The monoisotopic (exact) mass is 243 g/mol. The topological polar surface area (TPSA) is 66.8 Å². The van der Waals surface area contributed by atoms with Gasteiger partial charge in [0.1, 0.15) is 6.04 Å². The molecule has 1 rings (SSSR count). The van der Waals surface area contributed by atoms with Crippen molar-refractivity contribution in [2.45, 2.75) is 45.6 Å². The van der Waals surface area contributed by atoms with Gasteiger partial charge in [0.2, 0.25) is 0 Å². The summed E-state index contributed by atoms with van der Waals surface area (Å²) in [5, 5.41) is 9.16. The molecule has 98 valence electrons. The first-order chi connectivity index (χ1) is 8.11. The molecule has 1 aliphatic rings. The second-order valence-electron chi connectivity index (χ2n) is 4.40. The highest BCUT2D eigenvalue weighted by Gasteiger charge is 2.41. The summed E-state index contributed by atoms with van der Waals surface area (Å²) in [7, 11) is 0. The predicted octanol–water partition coefficient (Wildman–Crippen LogP) is 2.11. The fourth-order valence-electron chi connectivity index (χ4n) is 2.21. The Hall–Kier alpha value is -1.26. The quantitative estimate of drug-likeness (QED) is 0.751. The molecule has 1 N–H and O–H groups in total. The molecule has 1 amide bonds. The van der Waals surface area contributed by atoms with E-state index in [2.05, 4.69) is 0 Å². The maximum atomic E-state index is 11.7. The lowest BCUT2D eigenvalue weighted by molar-refractivity contribution is -0.143. The van der Waals surface area contributed by atoms with Crippen molar-refractivity contribution in [2.24, 2.45) is 5.92 Å². The van der Waals surface area contributed by atoms with Crippen LogP contribution in [0.5, 0.6) is 0 Å². The number of amides is 1. The summed E-state index contributed by atoms with van der Waals surface area (Å²) in [6.45, 7) is 4.82.